The van der Waals surface area contributed by atoms with Crippen LogP contribution in [-0.4, -0.2) is 29.2 Å². The Labute approximate surface area is 123 Å². The average molecular weight is 289 g/mol. The van der Waals surface area contributed by atoms with Gasteiger partial charge in [0.2, 0.25) is 0 Å². The standard InChI is InChI=1S/C15H19N3O3/c1-4-21-15(19)13-14(16)18(9-17-13)10(2)11-5-7-12(20-3)8-6-11/h5-10H,4,16H2,1-3H3. The van der Waals surface area contributed by atoms with Gasteiger partial charge < -0.3 is 19.8 Å². The Hall–Kier alpha value is -2.50. The van der Waals surface area contributed by atoms with E-state index in [1.54, 1.807) is 24.9 Å². The fourth-order valence-corrected chi connectivity index (χ4v) is 2.08. The first kappa shape index (κ1) is 14.9. The zero-order chi connectivity index (χ0) is 15.4. The van der Waals surface area contributed by atoms with Crippen LogP contribution >= 0.6 is 0 Å². The molecule has 1 aromatic carbocycles. The molecule has 1 aromatic heterocycles. The molecule has 0 spiro atoms. The number of rotatable bonds is 5. The molecule has 0 aliphatic carbocycles. The molecule has 0 aliphatic heterocycles. The highest BCUT2D eigenvalue weighted by Crippen LogP contribution is 2.25. The Kier molecular flexibility index (Phi) is 4.47. The van der Waals surface area contributed by atoms with Crippen LogP contribution in [-0.2, 0) is 4.74 Å². The highest BCUT2D eigenvalue weighted by atomic mass is 16.5. The van der Waals surface area contributed by atoms with E-state index in [1.807, 2.05) is 31.2 Å². The van der Waals surface area contributed by atoms with E-state index in [0.717, 1.165) is 11.3 Å². The van der Waals surface area contributed by atoms with Gasteiger partial charge in [0.1, 0.15) is 11.6 Å². The number of nitrogens with zero attached hydrogens (tertiary/aromatic N) is 2. The van der Waals surface area contributed by atoms with Gasteiger partial charge in [-0.15, -0.1) is 0 Å². The molecule has 0 saturated heterocycles. The van der Waals surface area contributed by atoms with Crippen molar-refractivity contribution < 1.29 is 14.3 Å². The molecule has 112 valence electrons. The molecule has 6 nitrogen and oxygen atoms in total. The second-order valence-corrected chi connectivity index (χ2v) is 4.56. The summed E-state index contributed by atoms with van der Waals surface area (Å²) in [5.74, 6) is 0.587. The van der Waals surface area contributed by atoms with E-state index in [0.29, 0.717) is 12.4 Å². The molecule has 6 heteroatoms. The summed E-state index contributed by atoms with van der Waals surface area (Å²) in [5.41, 5.74) is 7.19. The van der Waals surface area contributed by atoms with Gasteiger partial charge in [-0.2, -0.15) is 0 Å². The summed E-state index contributed by atoms with van der Waals surface area (Å²) < 4.78 is 11.8. The second kappa shape index (κ2) is 6.30. The number of anilines is 1. The molecule has 0 radical (unpaired) electrons. The molecule has 21 heavy (non-hydrogen) atoms. The molecule has 2 aromatic rings. The number of nitrogen functional groups attached to an aromatic ring is 1. The molecular weight excluding hydrogens is 270 g/mol. The van der Waals surface area contributed by atoms with Crippen LogP contribution in [0.15, 0.2) is 30.6 Å². The Morgan fingerprint density at radius 1 is 1.38 bits per heavy atom. The van der Waals surface area contributed by atoms with Gasteiger partial charge in [-0.1, -0.05) is 12.1 Å². The van der Waals surface area contributed by atoms with Crippen molar-refractivity contribution in [3.63, 3.8) is 0 Å². The van der Waals surface area contributed by atoms with Crippen LogP contribution in [0.1, 0.15) is 35.9 Å². The second-order valence-electron chi connectivity index (χ2n) is 4.56. The monoisotopic (exact) mass is 289 g/mol. The summed E-state index contributed by atoms with van der Waals surface area (Å²) in [6.45, 7) is 4.01. The highest BCUT2D eigenvalue weighted by molar-refractivity contribution is 5.92. The number of methoxy groups -OCH3 is 1. The van der Waals surface area contributed by atoms with Crippen molar-refractivity contribution in [2.75, 3.05) is 19.5 Å². The fraction of sp³-hybridized carbons (Fsp3) is 0.333. The van der Waals surface area contributed by atoms with Crippen molar-refractivity contribution in [2.24, 2.45) is 0 Å². The molecule has 1 unspecified atom stereocenters. The van der Waals surface area contributed by atoms with Gasteiger partial charge in [0, 0.05) is 0 Å². The minimum absolute atomic E-state index is 0.0495. The number of carbonyl (C=O) groups is 1. The molecule has 0 aliphatic rings. The highest BCUT2D eigenvalue weighted by Gasteiger charge is 2.20. The van der Waals surface area contributed by atoms with Gasteiger partial charge in [-0.05, 0) is 31.5 Å². The van der Waals surface area contributed by atoms with Crippen LogP contribution in [0.3, 0.4) is 0 Å². The zero-order valence-electron chi connectivity index (χ0n) is 12.4. The number of carbonyl (C=O) groups excluding carboxylic acids is 1. The lowest BCUT2D eigenvalue weighted by molar-refractivity contribution is 0.0521. The number of nitrogens with two attached hydrogens (primary N) is 1. The number of ether oxygens (including phenoxy) is 2. The first-order chi connectivity index (χ1) is 10.1. The Balaban J connectivity index is 2.26. The molecule has 1 heterocycles. The van der Waals surface area contributed by atoms with Crippen LogP contribution in [0.2, 0.25) is 0 Å². The van der Waals surface area contributed by atoms with Crippen LogP contribution in [0, 0.1) is 0 Å². The third-order valence-corrected chi connectivity index (χ3v) is 3.32. The molecule has 2 rings (SSSR count). The van der Waals surface area contributed by atoms with Crippen LogP contribution in [0.5, 0.6) is 5.75 Å². The summed E-state index contributed by atoms with van der Waals surface area (Å²) in [6.07, 6.45) is 1.55. The van der Waals surface area contributed by atoms with Crippen LogP contribution in [0.25, 0.3) is 0 Å². The van der Waals surface area contributed by atoms with Gasteiger partial charge in [0.05, 0.1) is 26.1 Å². The Bertz CT molecular complexity index is 620. The maximum absolute atomic E-state index is 11.7. The summed E-state index contributed by atoms with van der Waals surface area (Å²) >= 11 is 0. The number of aromatic nitrogens is 2. The van der Waals surface area contributed by atoms with E-state index in [4.69, 9.17) is 15.2 Å². The molecule has 0 amide bonds. The Morgan fingerprint density at radius 2 is 2.05 bits per heavy atom. The van der Waals surface area contributed by atoms with Gasteiger partial charge in [-0.3, -0.25) is 0 Å². The van der Waals surface area contributed by atoms with Gasteiger partial charge in [0.25, 0.3) is 0 Å². The number of hydrogen-bond acceptors (Lipinski definition) is 5. The number of imidazole rings is 1. The topological polar surface area (TPSA) is 79.4 Å². The van der Waals surface area contributed by atoms with E-state index in [2.05, 4.69) is 4.98 Å². The van der Waals surface area contributed by atoms with Crippen molar-refractivity contribution >= 4 is 11.8 Å². The van der Waals surface area contributed by atoms with E-state index < -0.39 is 5.97 Å². The number of benzene rings is 1. The zero-order valence-corrected chi connectivity index (χ0v) is 12.4. The van der Waals surface area contributed by atoms with Crippen LogP contribution < -0.4 is 10.5 Å². The normalized spacial score (nSPS) is 12.0. The van der Waals surface area contributed by atoms with Crippen molar-refractivity contribution in [2.45, 2.75) is 19.9 Å². The predicted octanol–water partition coefficient (Wildman–Crippen LogP) is 2.26. The lowest BCUT2D eigenvalue weighted by Crippen LogP contribution is -2.12. The molecule has 0 fully saturated rings. The van der Waals surface area contributed by atoms with Crippen LogP contribution in [0.4, 0.5) is 5.82 Å². The quantitative estimate of drug-likeness (QED) is 0.854. The van der Waals surface area contributed by atoms with Gasteiger partial charge >= 0.3 is 5.97 Å². The first-order valence-corrected chi connectivity index (χ1v) is 6.71. The third-order valence-electron chi connectivity index (χ3n) is 3.32. The van der Waals surface area contributed by atoms with Crippen molar-refractivity contribution in [1.29, 1.82) is 0 Å². The minimum Gasteiger partial charge on any atom is -0.497 e. The molecule has 0 bridgehead atoms. The summed E-state index contributed by atoms with van der Waals surface area (Å²) in [6, 6.07) is 7.61. The number of esters is 1. The van der Waals surface area contributed by atoms with E-state index in [-0.39, 0.29) is 11.7 Å². The van der Waals surface area contributed by atoms with Gasteiger partial charge in [0.15, 0.2) is 5.69 Å². The summed E-state index contributed by atoms with van der Waals surface area (Å²) in [7, 11) is 1.62. The maximum Gasteiger partial charge on any atom is 0.360 e. The van der Waals surface area contributed by atoms with Gasteiger partial charge in [-0.25, -0.2) is 9.78 Å². The Morgan fingerprint density at radius 3 is 2.62 bits per heavy atom. The predicted molar refractivity (Wildman–Crippen MR) is 79.4 cm³/mol. The largest absolute Gasteiger partial charge is 0.497 e. The molecular formula is C15H19N3O3. The summed E-state index contributed by atoms with van der Waals surface area (Å²) in [5, 5.41) is 0. The third kappa shape index (κ3) is 2.99. The van der Waals surface area contributed by atoms with E-state index in [9.17, 15) is 4.79 Å². The summed E-state index contributed by atoms with van der Waals surface area (Å²) in [4.78, 5) is 15.8. The maximum atomic E-state index is 11.7. The molecule has 1 atom stereocenters. The fourth-order valence-electron chi connectivity index (χ4n) is 2.08. The molecule has 0 saturated carbocycles. The minimum atomic E-state index is -0.504. The van der Waals surface area contributed by atoms with Crippen molar-refractivity contribution in [3.05, 3.63) is 41.9 Å². The lowest BCUT2D eigenvalue weighted by atomic mass is 10.1. The lowest BCUT2D eigenvalue weighted by Gasteiger charge is -2.16. The van der Waals surface area contributed by atoms with Crippen molar-refractivity contribution in [3.8, 4) is 5.75 Å². The van der Waals surface area contributed by atoms with Crippen molar-refractivity contribution in [1.82, 2.24) is 9.55 Å². The smallest absolute Gasteiger partial charge is 0.360 e. The number of hydrogen-bond donors (Lipinski definition) is 1. The first-order valence-electron chi connectivity index (χ1n) is 6.71. The van der Waals surface area contributed by atoms with E-state index in [1.165, 1.54) is 0 Å². The molecule has 2 N–H and O–H groups in total. The average Bonchev–Trinajstić information content (AvgIpc) is 2.88. The van der Waals surface area contributed by atoms with E-state index >= 15 is 0 Å². The SMILES string of the molecule is CCOC(=O)c1ncn(C(C)c2ccc(OC)cc2)c1N.